The second kappa shape index (κ2) is 14.4. The number of fused-ring (bicyclic) bond motifs is 2. The summed E-state index contributed by atoms with van der Waals surface area (Å²) in [6.07, 6.45) is 1.82. The first-order valence-electron chi connectivity index (χ1n) is 16.4. The van der Waals surface area contributed by atoms with Crippen LogP contribution >= 0.6 is 15.9 Å². The highest BCUT2D eigenvalue weighted by Crippen LogP contribution is 2.41. The smallest absolute Gasteiger partial charge is 0.408 e. The minimum absolute atomic E-state index is 0.0439. The number of aryl methyl sites for hydroxylation is 2. The van der Waals surface area contributed by atoms with Crippen molar-refractivity contribution in [1.29, 1.82) is 0 Å². The topological polar surface area (TPSA) is 111 Å². The van der Waals surface area contributed by atoms with E-state index in [0.29, 0.717) is 41.8 Å². The first-order chi connectivity index (χ1) is 23.1. The number of hydrogen-bond acceptors (Lipinski definition) is 4. The summed E-state index contributed by atoms with van der Waals surface area (Å²) in [6, 6.07) is 18.9. The van der Waals surface area contributed by atoms with Crippen LogP contribution in [0.25, 0.3) is 5.57 Å². The van der Waals surface area contributed by atoms with Gasteiger partial charge in [-0.25, -0.2) is 14.0 Å². The second-order valence-corrected chi connectivity index (χ2v) is 13.6. The molecule has 2 fully saturated rings. The van der Waals surface area contributed by atoms with E-state index >= 15 is 0 Å². The van der Waals surface area contributed by atoms with Gasteiger partial charge in [0.25, 0.3) is 5.91 Å². The lowest BCUT2D eigenvalue weighted by atomic mass is 9.81. The van der Waals surface area contributed by atoms with E-state index in [2.05, 4.69) is 22.0 Å². The highest BCUT2D eigenvalue weighted by atomic mass is 79.9. The molecule has 0 aromatic heterocycles. The minimum atomic E-state index is -1.15. The minimum Gasteiger partial charge on any atom is -0.492 e. The molecule has 6 rings (SSSR count). The summed E-state index contributed by atoms with van der Waals surface area (Å²) in [5, 5.41) is 20.2. The van der Waals surface area contributed by atoms with Gasteiger partial charge in [-0.15, -0.1) is 0 Å². The molecule has 0 unspecified atom stereocenters. The molecular weight excluding hydrogens is 681 g/mol. The molecule has 0 radical (unpaired) electrons. The zero-order chi connectivity index (χ0) is 33.9. The Bertz CT molecular complexity index is 1730. The highest BCUT2D eigenvalue weighted by molar-refractivity contribution is 9.10. The van der Waals surface area contributed by atoms with Crippen molar-refractivity contribution in [3.8, 4) is 5.75 Å². The maximum absolute atomic E-state index is 14.7. The zero-order valence-corrected chi connectivity index (χ0v) is 28.4. The molecule has 1 saturated carbocycles. The fraction of sp³-hybridized carbons (Fsp3) is 0.378. The van der Waals surface area contributed by atoms with Gasteiger partial charge in [0.15, 0.2) is 0 Å². The summed E-state index contributed by atoms with van der Waals surface area (Å²) in [5.74, 6) is -0.127. The number of carbonyl (C=O) groups is 3. The van der Waals surface area contributed by atoms with Crippen LogP contribution in [-0.2, 0) is 17.6 Å². The second-order valence-electron chi connectivity index (χ2n) is 12.8. The number of amides is 3. The van der Waals surface area contributed by atoms with Gasteiger partial charge in [-0.3, -0.25) is 9.69 Å². The van der Waals surface area contributed by atoms with Crippen LogP contribution in [0.5, 0.6) is 5.75 Å². The van der Waals surface area contributed by atoms with Gasteiger partial charge in [0.2, 0.25) is 0 Å². The van der Waals surface area contributed by atoms with Gasteiger partial charge >= 0.3 is 12.2 Å². The van der Waals surface area contributed by atoms with Crippen molar-refractivity contribution in [2.75, 3.05) is 26.2 Å². The molecule has 3 aromatic rings. The lowest BCUT2D eigenvalue weighted by molar-refractivity contribution is -0.128. The number of piperazine rings is 1. The van der Waals surface area contributed by atoms with Gasteiger partial charge in [0.05, 0.1) is 23.2 Å². The van der Waals surface area contributed by atoms with E-state index in [1.807, 2.05) is 54.3 Å². The van der Waals surface area contributed by atoms with E-state index in [0.717, 1.165) is 47.1 Å². The largest absolute Gasteiger partial charge is 0.492 e. The SMILES string of the molecule is Cc1ccccc1CCN(C(=O)C1=C(c2ccc(CCCOc3cc(F)ccc3Br)cc2)C[C@@H]2CN(C(=O)O)C[C@H]1N2C(=O)O)C1CC1. The molecule has 9 nitrogen and oxygen atoms in total. The van der Waals surface area contributed by atoms with Gasteiger partial charge in [-0.1, -0.05) is 48.5 Å². The Hall–Kier alpha value is -4.38. The predicted molar refractivity (Wildman–Crippen MR) is 183 cm³/mol. The molecule has 2 bridgehead atoms. The van der Waals surface area contributed by atoms with Gasteiger partial charge in [0, 0.05) is 37.3 Å². The molecule has 2 heterocycles. The third-order valence-corrected chi connectivity index (χ3v) is 10.2. The van der Waals surface area contributed by atoms with Crippen LogP contribution in [0.4, 0.5) is 14.0 Å². The lowest BCUT2D eigenvalue weighted by Crippen LogP contribution is -2.65. The van der Waals surface area contributed by atoms with Crippen LogP contribution in [0.15, 0.2) is 76.8 Å². The first-order valence-corrected chi connectivity index (χ1v) is 17.1. The molecule has 1 saturated heterocycles. The van der Waals surface area contributed by atoms with Crippen molar-refractivity contribution in [1.82, 2.24) is 14.7 Å². The molecule has 2 atom stereocenters. The van der Waals surface area contributed by atoms with Gasteiger partial charge in [0.1, 0.15) is 11.6 Å². The predicted octanol–water partition coefficient (Wildman–Crippen LogP) is 7.01. The average Bonchev–Trinajstić information content (AvgIpc) is 3.90. The van der Waals surface area contributed by atoms with Crippen molar-refractivity contribution in [3.05, 3.63) is 105 Å². The van der Waals surface area contributed by atoms with Crippen LogP contribution in [0.3, 0.4) is 0 Å². The monoisotopic (exact) mass is 719 g/mol. The maximum Gasteiger partial charge on any atom is 0.408 e. The van der Waals surface area contributed by atoms with E-state index in [1.165, 1.54) is 21.9 Å². The van der Waals surface area contributed by atoms with Crippen LogP contribution in [-0.4, -0.2) is 87.4 Å². The van der Waals surface area contributed by atoms with Crippen LogP contribution in [0, 0.1) is 12.7 Å². The van der Waals surface area contributed by atoms with Crippen molar-refractivity contribution in [3.63, 3.8) is 0 Å². The number of carbonyl (C=O) groups excluding carboxylic acids is 1. The number of benzene rings is 3. The first kappa shape index (κ1) is 33.5. The normalized spacial score (nSPS) is 18.9. The Morgan fingerprint density at radius 3 is 2.42 bits per heavy atom. The number of ether oxygens (including phenoxy) is 1. The maximum atomic E-state index is 14.7. The molecule has 11 heteroatoms. The van der Waals surface area contributed by atoms with E-state index in [4.69, 9.17) is 4.74 Å². The van der Waals surface area contributed by atoms with E-state index < -0.39 is 24.3 Å². The number of halogens is 2. The quantitative estimate of drug-likeness (QED) is 0.206. The van der Waals surface area contributed by atoms with Crippen LogP contribution < -0.4 is 4.74 Å². The molecule has 2 N–H and O–H groups in total. The molecular formula is C37H39BrFN3O6. The third-order valence-electron chi connectivity index (χ3n) is 9.57. The standard InChI is InChI=1S/C37H39BrFN3O6/c1-23-5-2-3-7-25(23)16-17-41(28-13-14-28)35(43)34-30(20-29-21-40(36(44)45)22-32(34)42(29)37(46)47)26-10-8-24(9-11-26)6-4-18-48-33-19-27(39)12-15-31(33)38/h2-3,5,7-12,15,19,28-29,32H,4,6,13-14,16-18,20-22H2,1H3,(H,44,45)(H,46,47)/t29-,32-/m1/s1. The van der Waals surface area contributed by atoms with E-state index in [1.54, 1.807) is 6.07 Å². The van der Waals surface area contributed by atoms with E-state index in [9.17, 15) is 29.0 Å². The van der Waals surface area contributed by atoms with Gasteiger partial charge < -0.3 is 24.7 Å². The number of rotatable bonds is 11. The van der Waals surface area contributed by atoms with Crippen molar-refractivity contribution >= 4 is 39.6 Å². The Balaban J connectivity index is 1.27. The van der Waals surface area contributed by atoms with Gasteiger partial charge in [-0.05, 0) is 101 Å². The van der Waals surface area contributed by atoms with E-state index in [-0.39, 0.29) is 37.3 Å². The summed E-state index contributed by atoms with van der Waals surface area (Å²) >= 11 is 3.38. The van der Waals surface area contributed by atoms with Crippen molar-refractivity contribution in [2.45, 2.75) is 63.6 Å². The molecule has 3 amide bonds. The third kappa shape index (κ3) is 7.36. The fourth-order valence-corrected chi connectivity index (χ4v) is 7.30. The van der Waals surface area contributed by atoms with Crippen molar-refractivity contribution in [2.24, 2.45) is 0 Å². The summed E-state index contributed by atoms with van der Waals surface area (Å²) in [4.78, 5) is 43.8. The molecule has 3 aliphatic rings. The Labute approximate surface area is 287 Å². The molecule has 2 aliphatic heterocycles. The molecule has 0 spiro atoms. The summed E-state index contributed by atoms with van der Waals surface area (Å²) in [7, 11) is 0. The molecule has 1 aliphatic carbocycles. The Morgan fingerprint density at radius 1 is 0.979 bits per heavy atom. The Morgan fingerprint density at radius 2 is 1.73 bits per heavy atom. The lowest BCUT2D eigenvalue weighted by Gasteiger charge is -2.49. The summed E-state index contributed by atoms with van der Waals surface area (Å²) in [6.45, 7) is 2.89. The molecule has 3 aromatic carbocycles. The number of hydrogen-bond donors (Lipinski definition) is 2. The number of carboxylic acid groups (broad SMARTS) is 2. The molecule has 48 heavy (non-hydrogen) atoms. The zero-order valence-electron chi connectivity index (χ0n) is 26.8. The number of nitrogens with zero attached hydrogens (tertiary/aromatic N) is 3. The average molecular weight is 721 g/mol. The van der Waals surface area contributed by atoms with Gasteiger partial charge in [-0.2, -0.15) is 0 Å². The molecule has 252 valence electrons. The van der Waals surface area contributed by atoms with Crippen LogP contribution in [0.1, 0.15) is 47.9 Å². The Kier molecular flexibility index (Phi) is 10.1. The fourth-order valence-electron chi connectivity index (χ4n) is 6.94. The highest BCUT2D eigenvalue weighted by Gasteiger charge is 2.49. The summed E-state index contributed by atoms with van der Waals surface area (Å²) < 4.78 is 20.1. The van der Waals surface area contributed by atoms with Crippen LogP contribution in [0.2, 0.25) is 0 Å². The van der Waals surface area contributed by atoms with Crippen molar-refractivity contribution < 1.29 is 33.7 Å². The summed E-state index contributed by atoms with van der Waals surface area (Å²) in [5.41, 5.74) is 5.35.